The summed E-state index contributed by atoms with van der Waals surface area (Å²) in [6.07, 6.45) is 2.23. The summed E-state index contributed by atoms with van der Waals surface area (Å²) in [4.78, 5) is 14.4. The average Bonchev–Trinajstić information content (AvgIpc) is 2.92. The fourth-order valence-electron chi connectivity index (χ4n) is 2.24. The molecule has 1 aliphatic rings. The summed E-state index contributed by atoms with van der Waals surface area (Å²) < 4.78 is 0. The van der Waals surface area contributed by atoms with E-state index in [4.69, 9.17) is 0 Å². The van der Waals surface area contributed by atoms with Gasteiger partial charge in [0.2, 0.25) is 0 Å². The van der Waals surface area contributed by atoms with Crippen molar-refractivity contribution in [2.75, 3.05) is 25.1 Å². The lowest BCUT2D eigenvalue weighted by Crippen LogP contribution is -2.35. The zero-order chi connectivity index (χ0) is 13.0. The van der Waals surface area contributed by atoms with Crippen LogP contribution in [0.25, 0.3) is 0 Å². The fraction of sp³-hybridized carbons (Fsp3) is 0.533. The molecule has 0 N–H and O–H groups in total. The van der Waals surface area contributed by atoms with Crippen LogP contribution in [-0.2, 0) is 6.42 Å². The van der Waals surface area contributed by atoms with Crippen LogP contribution in [0.15, 0.2) is 24.3 Å². The molecule has 1 aromatic rings. The maximum absolute atomic E-state index is 12.2. The Morgan fingerprint density at radius 3 is 2.67 bits per heavy atom. The minimum atomic E-state index is 0.233. The predicted molar refractivity (Wildman–Crippen MR) is 78.5 cm³/mol. The van der Waals surface area contributed by atoms with Crippen molar-refractivity contribution >= 4 is 17.5 Å². The quantitative estimate of drug-likeness (QED) is 0.762. The van der Waals surface area contributed by atoms with Crippen molar-refractivity contribution in [3.63, 3.8) is 0 Å². The molecular weight excluding hydrogens is 242 g/mol. The topological polar surface area (TPSA) is 20.3 Å². The van der Waals surface area contributed by atoms with E-state index in [0.29, 0.717) is 12.6 Å². The molecule has 0 aromatic heterocycles. The zero-order valence-electron chi connectivity index (χ0n) is 11.2. The Kier molecular flexibility index (Phi) is 4.84. The van der Waals surface area contributed by atoms with E-state index in [0.717, 1.165) is 12.0 Å². The lowest BCUT2D eigenvalue weighted by Gasteiger charge is -2.22. The van der Waals surface area contributed by atoms with Crippen molar-refractivity contribution in [3.05, 3.63) is 35.4 Å². The minimum absolute atomic E-state index is 0.233. The molecule has 1 heterocycles. The van der Waals surface area contributed by atoms with Crippen molar-refractivity contribution in [2.24, 2.45) is 0 Å². The number of hydrogen-bond donors (Lipinski definition) is 0. The zero-order valence-corrected chi connectivity index (χ0v) is 12.0. The van der Waals surface area contributed by atoms with Crippen molar-refractivity contribution < 1.29 is 4.79 Å². The second kappa shape index (κ2) is 6.39. The number of Topliss-reactive ketones (excluding diaryl/α,β-unsaturated/α-hetero) is 1. The van der Waals surface area contributed by atoms with E-state index < -0.39 is 0 Å². The number of carbonyl (C=O) groups excluding carboxylic acids is 1. The van der Waals surface area contributed by atoms with Crippen molar-refractivity contribution in [3.8, 4) is 0 Å². The summed E-state index contributed by atoms with van der Waals surface area (Å²) in [5.41, 5.74) is 2.12. The van der Waals surface area contributed by atoms with E-state index in [-0.39, 0.29) is 5.78 Å². The fourth-order valence-corrected chi connectivity index (χ4v) is 3.54. The van der Waals surface area contributed by atoms with Gasteiger partial charge in [-0.15, -0.1) is 0 Å². The van der Waals surface area contributed by atoms with Crippen LogP contribution < -0.4 is 0 Å². The molecule has 0 amide bonds. The monoisotopic (exact) mass is 263 g/mol. The number of ketones is 1. The molecule has 98 valence electrons. The van der Waals surface area contributed by atoms with Gasteiger partial charge in [0, 0.05) is 17.4 Å². The van der Waals surface area contributed by atoms with Gasteiger partial charge >= 0.3 is 0 Å². The van der Waals surface area contributed by atoms with Gasteiger partial charge in [-0.3, -0.25) is 9.69 Å². The number of hydrogen-bond acceptors (Lipinski definition) is 3. The summed E-state index contributed by atoms with van der Waals surface area (Å²) >= 11 is 1.99. The summed E-state index contributed by atoms with van der Waals surface area (Å²) in [6, 6.07) is 8.60. The normalized spacial score (nSPS) is 19.4. The highest BCUT2D eigenvalue weighted by atomic mass is 32.2. The third-order valence-corrected chi connectivity index (χ3v) is 4.75. The van der Waals surface area contributed by atoms with E-state index in [1.807, 2.05) is 23.9 Å². The van der Waals surface area contributed by atoms with Crippen LogP contribution in [0, 0.1) is 0 Å². The molecule has 1 atom stereocenters. The second-order valence-electron chi connectivity index (χ2n) is 4.91. The Balaban J connectivity index is 1.93. The van der Waals surface area contributed by atoms with Gasteiger partial charge in [0.25, 0.3) is 0 Å². The molecule has 1 aromatic carbocycles. The SMILES string of the molecule is CCc1ccc(C(=O)CN(C)C2CCSC2)cc1. The number of likely N-dealkylation sites (N-methyl/N-ethyl adjacent to an activating group) is 1. The van der Waals surface area contributed by atoms with Gasteiger partial charge in [-0.25, -0.2) is 0 Å². The molecule has 1 fully saturated rings. The standard InChI is InChI=1S/C15H21NOS/c1-3-12-4-6-13(7-5-12)15(17)10-16(2)14-8-9-18-11-14/h4-7,14H,3,8-11H2,1-2H3. The molecule has 0 bridgehead atoms. The Bertz CT molecular complexity index is 395. The average molecular weight is 263 g/mol. The smallest absolute Gasteiger partial charge is 0.176 e. The molecule has 1 aliphatic heterocycles. The van der Waals surface area contributed by atoms with Crippen LogP contribution >= 0.6 is 11.8 Å². The van der Waals surface area contributed by atoms with E-state index in [1.165, 1.54) is 23.5 Å². The number of thioether (sulfide) groups is 1. The number of rotatable bonds is 5. The summed E-state index contributed by atoms with van der Waals surface area (Å²) in [6.45, 7) is 2.67. The van der Waals surface area contributed by atoms with Gasteiger partial charge in [-0.1, -0.05) is 31.2 Å². The molecular formula is C15H21NOS. The van der Waals surface area contributed by atoms with Crippen LogP contribution in [-0.4, -0.2) is 41.8 Å². The third kappa shape index (κ3) is 3.36. The number of carbonyl (C=O) groups is 1. The van der Waals surface area contributed by atoms with Crippen molar-refractivity contribution in [1.82, 2.24) is 4.90 Å². The highest BCUT2D eigenvalue weighted by Crippen LogP contribution is 2.21. The van der Waals surface area contributed by atoms with E-state index in [9.17, 15) is 4.79 Å². The summed E-state index contributed by atoms with van der Waals surface area (Å²) in [5, 5.41) is 0. The summed E-state index contributed by atoms with van der Waals surface area (Å²) in [5.74, 6) is 2.63. The van der Waals surface area contributed by atoms with Crippen LogP contribution in [0.5, 0.6) is 0 Å². The number of benzene rings is 1. The van der Waals surface area contributed by atoms with E-state index >= 15 is 0 Å². The van der Waals surface area contributed by atoms with E-state index in [1.54, 1.807) is 0 Å². The molecule has 0 radical (unpaired) electrons. The van der Waals surface area contributed by atoms with Crippen LogP contribution in [0.3, 0.4) is 0 Å². The Labute approximate surface area is 114 Å². The first kappa shape index (κ1) is 13.6. The van der Waals surface area contributed by atoms with Crippen LogP contribution in [0.4, 0.5) is 0 Å². The van der Waals surface area contributed by atoms with Gasteiger partial charge < -0.3 is 0 Å². The first-order chi connectivity index (χ1) is 8.70. The molecule has 1 saturated heterocycles. The third-order valence-electron chi connectivity index (χ3n) is 3.61. The molecule has 1 unspecified atom stereocenters. The molecule has 18 heavy (non-hydrogen) atoms. The largest absolute Gasteiger partial charge is 0.295 e. The molecule has 0 aliphatic carbocycles. The van der Waals surface area contributed by atoms with Gasteiger partial charge in [0.1, 0.15) is 0 Å². The summed E-state index contributed by atoms with van der Waals surface area (Å²) in [7, 11) is 2.06. The van der Waals surface area contributed by atoms with Crippen LogP contribution in [0.2, 0.25) is 0 Å². The highest BCUT2D eigenvalue weighted by Gasteiger charge is 2.21. The Hall–Kier alpha value is -0.800. The van der Waals surface area contributed by atoms with Gasteiger partial charge in [0.15, 0.2) is 5.78 Å². The van der Waals surface area contributed by atoms with Gasteiger partial charge in [0.05, 0.1) is 6.54 Å². The maximum Gasteiger partial charge on any atom is 0.176 e. The molecule has 2 rings (SSSR count). The van der Waals surface area contributed by atoms with Crippen molar-refractivity contribution in [1.29, 1.82) is 0 Å². The Morgan fingerprint density at radius 2 is 2.11 bits per heavy atom. The van der Waals surface area contributed by atoms with Crippen molar-refractivity contribution in [2.45, 2.75) is 25.8 Å². The molecule has 0 saturated carbocycles. The maximum atomic E-state index is 12.2. The lowest BCUT2D eigenvalue weighted by molar-refractivity contribution is 0.0927. The molecule has 0 spiro atoms. The molecule has 3 heteroatoms. The highest BCUT2D eigenvalue weighted by molar-refractivity contribution is 7.99. The lowest BCUT2D eigenvalue weighted by atomic mass is 10.1. The number of aryl methyl sites for hydroxylation is 1. The van der Waals surface area contributed by atoms with Crippen LogP contribution in [0.1, 0.15) is 29.3 Å². The molecule has 2 nitrogen and oxygen atoms in total. The number of nitrogens with zero attached hydrogens (tertiary/aromatic N) is 1. The minimum Gasteiger partial charge on any atom is -0.295 e. The second-order valence-corrected chi connectivity index (χ2v) is 6.06. The Morgan fingerprint density at radius 1 is 1.39 bits per heavy atom. The van der Waals surface area contributed by atoms with Gasteiger partial charge in [-0.2, -0.15) is 11.8 Å². The first-order valence-electron chi connectivity index (χ1n) is 6.61. The first-order valence-corrected chi connectivity index (χ1v) is 7.76. The predicted octanol–water partition coefficient (Wildman–Crippen LogP) is 2.87. The van der Waals surface area contributed by atoms with Gasteiger partial charge in [-0.05, 0) is 31.2 Å². The van der Waals surface area contributed by atoms with E-state index in [2.05, 4.69) is 31.0 Å².